The molecule has 0 bridgehead atoms. The molecule has 0 aliphatic carbocycles. The molecule has 7 nitrogen and oxygen atoms in total. The van der Waals surface area contributed by atoms with Gasteiger partial charge in [-0.3, -0.25) is 0 Å². The van der Waals surface area contributed by atoms with Crippen LogP contribution in [0.1, 0.15) is 27.7 Å². The summed E-state index contributed by atoms with van der Waals surface area (Å²) in [6, 6.07) is -0.0535. The van der Waals surface area contributed by atoms with Crippen molar-refractivity contribution < 1.29 is 14.9 Å². The van der Waals surface area contributed by atoms with Gasteiger partial charge in [-0.1, -0.05) is 10.3 Å². The first-order chi connectivity index (χ1) is 9.04. The predicted molar refractivity (Wildman–Crippen MR) is 81.7 cm³/mol. The lowest BCUT2D eigenvalue weighted by Crippen LogP contribution is -2.56. The van der Waals surface area contributed by atoms with Crippen LogP contribution in [-0.2, 0) is 0 Å². The lowest BCUT2D eigenvalue weighted by Gasteiger charge is -2.33. The fourth-order valence-corrected chi connectivity index (χ4v) is 2.05. The number of hydrogen-bond acceptors (Lipinski definition) is 6. The van der Waals surface area contributed by atoms with E-state index < -0.39 is 5.54 Å². The van der Waals surface area contributed by atoms with E-state index in [0.717, 1.165) is 6.54 Å². The summed E-state index contributed by atoms with van der Waals surface area (Å²) in [5, 5.41) is 27.3. The Labute approximate surface area is 121 Å². The van der Waals surface area contributed by atoms with Crippen molar-refractivity contribution in [2.75, 3.05) is 33.7 Å². The first-order valence-corrected chi connectivity index (χ1v) is 6.73. The number of hydrogen-bond donors (Lipinski definition) is 4. The van der Waals surface area contributed by atoms with Gasteiger partial charge in [-0.2, -0.15) is 0 Å². The molecule has 0 aromatic rings. The standard InChI is InChI=1S/C13H29N5O2/c1-10(16-19)8-18(5,6)9-12(14)7-15-13(3,4)11(2)17-20/h12,15H,7-9,14H2,1-6H3,(H-,19,20)/p+1. The number of nitrogens with one attached hydrogen (secondary N) is 1. The number of rotatable bonds is 8. The molecule has 1 unspecified atom stereocenters. The summed E-state index contributed by atoms with van der Waals surface area (Å²) in [4.78, 5) is 0. The van der Waals surface area contributed by atoms with Crippen LogP contribution in [0, 0.1) is 0 Å². The van der Waals surface area contributed by atoms with Gasteiger partial charge < -0.3 is 25.9 Å². The van der Waals surface area contributed by atoms with Crippen LogP contribution >= 0.6 is 0 Å². The Kier molecular flexibility index (Phi) is 7.12. The Balaban J connectivity index is 4.40. The van der Waals surface area contributed by atoms with Gasteiger partial charge >= 0.3 is 0 Å². The first-order valence-electron chi connectivity index (χ1n) is 6.73. The zero-order chi connectivity index (χ0) is 16.0. The summed E-state index contributed by atoms with van der Waals surface area (Å²) in [5.41, 5.74) is 7.04. The molecule has 0 aromatic carbocycles. The highest BCUT2D eigenvalue weighted by molar-refractivity contribution is 5.90. The summed E-state index contributed by atoms with van der Waals surface area (Å²) < 4.78 is 0.645. The first kappa shape index (κ1) is 18.8. The van der Waals surface area contributed by atoms with E-state index in [9.17, 15) is 0 Å². The molecule has 0 aromatic heterocycles. The molecule has 20 heavy (non-hydrogen) atoms. The van der Waals surface area contributed by atoms with E-state index in [1.807, 2.05) is 27.9 Å². The van der Waals surface area contributed by atoms with Crippen molar-refractivity contribution in [3.05, 3.63) is 0 Å². The minimum atomic E-state index is -0.397. The van der Waals surface area contributed by atoms with Crippen molar-refractivity contribution in [2.45, 2.75) is 39.3 Å². The lowest BCUT2D eigenvalue weighted by molar-refractivity contribution is -0.882. The van der Waals surface area contributed by atoms with Crippen LogP contribution in [0.2, 0.25) is 0 Å². The third-order valence-electron chi connectivity index (χ3n) is 3.42. The van der Waals surface area contributed by atoms with E-state index in [-0.39, 0.29) is 6.04 Å². The van der Waals surface area contributed by atoms with E-state index in [0.29, 0.717) is 29.0 Å². The molecular weight excluding hydrogens is 258 g/mol. The van der Waals surface area contributed by atoms with Crippen LogP contribution in [0.15, 0.2) is 10.3 Å². The Morgan fingerprint density at radius 3 is 2.25 bits per heavy atom. The highest BCUT2D eigenvalue weighted by Gasteiger charge is 2.25. The van der Waals surface area contributed by atoms with Crippen molar-refractivity contribution in [3.8, 4) is 0 Å². The zero-order valence-corrected chi connectivity index (χ0v) is 13.5. The van der Waals surface area contributed by atoms with Crippen LogP contribution in [0.5, 0.6) is 0 Å². The maximum atomic E-state index is 8.83. The molecule has 0 rings (SSSR count). The maximum absolute atomic E-state index is 8.83. The maximum Gasteiger partial charge on any atom is 0.120 e. The van der Waals surface area contributed by atoms with Crippen LogP contribution < -0.4 is 11.1 Å². The summed E-state index contributed by atoms with van der Waals surface area (Å²) in [7, 11) is 4.08. The number of oxime groups is 2. The molecule has 1 atom stereocenters. The summed E-state index contributed by atoms with van der Waals surface area (Å²) in [6.07, 6.45) is 0. The minimum Gasteiger partial charge on any atom is -0.411 e. The molecule has 0 saturated heterocycles. The molecule has 0 amide bonds. The third kappa shape index (κ3) is 6.83. The Morgan fingerprint density at radius 1 is 1.25 bits per heavy atom. The van der Waals surface area contributed by atoms with Gasteiger partial charge in [-0.25, -0.2) is 0 Å². The van der Waals surface area contributed by atoms with Gasteiger partial charge in [0.05, 0.1) is 37.9 Å². The minimum absolute atomic E-state index is 0.0535. The quantitative estimate of drug-likeness (QED) is 0.225. The van der Waals surface area contributed by atoms with Gasteiger partial charge in [0.1, 0.15) is 12.3 Å². The Hall–Kier alpha value is -1.18. The molecule has 0 saturated carbocycles. The zero-order valence-electron chi connectivity index (χ0n) is 13.5. The normalized spacial score (nSPS) is 16.4. The van der Waals surface area contributed by atoms with Crippen molar-refractivity contribution in [1.82, 2.24) is 5.32 Å². The summed E-state index contributed by atoms with van der Waals surface area (Å²) in [5.74, 6) is 0. The van der Waals surface area contributed by atoms with Crippen molar-refractivity contribution in [1.29, 1.82) is 0 Å². The average molecular weight is 288 g/mol. The SMILES string of the molecule is CC(C[N+](C)(C)CC(N)CNC(C)(C)C(C)=NO)=NO. The van der Waals surface area contributed by atoms with Crippen LogP contribution in [0.4, 0.5) is 0 Å². The Bertz CT molecular complexity index is 364. The van der Waals surface area contributed by atoms with Crippen LogP contribution in [0.3, 0.4) is 0 Å². The van der Waals surface area contributed by atoms with Gasteiger partial charge in [0, 0.05) is 6.54 Å². The Morgan fingerprint density at radius 2 is 1.80 bits per heavy atom. The number of quaternary nitrogens is 1. The second-order valence-corrected chi connectivity index (χ2v) is 6.56. The van der Waals surface area contributed by atoms with E-state index in [1.54, 1.807) is 13.8 Å². The second kappa shape index (κ2) is 7.56. The molecule has 5 N–H and O–H groups in total. The highest BCUT2D eigenvalue weighted by atomic mass is 16.4. The van der Waals surface area contributed by atoms with Crippen molar-refractivity contribution in [2.24, 2.45) is 16.0 Å². The number of nitrogens with two attached hydrogens (primary N) is 1. The fourth-order valence-electron chi connectivity index (χ4n) is 2.05. The van der Waals surface area contributed by atoms with Gasteiger partial charge in [0.25, 0.3) is 0 Å². The molecule has 0 aliphatic heterocycles. The largest absolute Gasteiger partial charge is 0.411 e. The molecule has 0 aliphatic rings. The van der Waals surface area contributed by atoms with Gasteiger partial charge in [-0.15, -0.1) is 0 Å². The number of nitrogens with zero attached hydrogens (tertiary/aromatic N) is 3. The van der Waals surface area contributed by atoms with Gasteiger partial charge in [-0.05, 0) is 27.7 Å². The van der Waals surface area contributed by atoms with E-state index in [1.165, 1.54) is 0 Å². The van der Waals surface area contributed by atoms with Crippen LogP contribution in [-0.4, -0.2) is 71.6 Å². The lowest BCUT2D eigenvalue weighted by atomic mass is 9.99. The molecule has 0 spiro atoms. The van der Waals surface area contributed by atoms with E-state index >= 15 is 0 Å². The molecular formula is C13H30N5O2+. The van der Waals surface area contributed by atoms with E-state index in [2.05, 4.69) is 15.6 Å². The third-order valence-corrected chi connectivity index (χ3v) is 3.42. The highest BCUT2D eigenvalue weighted by Crippen LogP contribution is 2.06. The molecule has 7 heteroatoms. The monoisotopic (exact) mass is 288 g/mol. The summed E-state index contributed by atoms with van der Waals surface area (Å²) in [6.45, 7) is 9.43. The van der Waals surface area contributed by atoms with E-state index in [4.69, 9.17) is 16.1 Å². The molecule has 118 valence electrons. The number of likely N-dealkylation sites (N-methyl/N-ethyl adjacent to an activating group) is 1. The van der Waals surface area contributed by atoms with Gasteiger partial charge in [0.15, 0.2) is 0 Å². The van der Waals surface area contributed by atoms with Crippen LogP contribution in [0.25, 0.3) is 0 Å². The topological polar surface area (TPSA) is 103 Å². The van der Waals surface area contributed by atoms with Gasteiger partial charge in [0.2, 0.25) is 0 Å². The second-order valence-electron chi connectivity index (χ2n) is 6.56. The summed E-state index contributed by atoms with van der Waals surface area (Å²) >= 11 is 0. The molecule has 0 fully saturated rings. The average Bonchev–Trinajstić information content (AvgIpc) is 2.34. The smallest absolute Gasteiger partial charge is 0.120 e. The van der Waals surface area contributed by atoms with Crippen molar-refractivity contribution in [3.63, 3.8) is 0 Å². The van der Waals surface area contributed by atoms with Crippen molar-refractivity contribution >= 4 is 11.4 Å². The molecule has 0 heterocycles. The fraction of sp³-hybridized carbons (Fsp3) is 0.846. The molecule has 0 radical (unpaired) electrons. The predicted octanol–water partition coefficient (Wildman–Crippen LogP) is 0.459.